The molecule has 2 heteroatoms. The Morgan fingerprint density at radius 3 is 2.21 bits per heavy atom. The van der Waals surface area contributed by atoms with Crippen molar-refractivity contribution in [3.05, 3.63) is 0 Å². The maximum Gasteiger partial charge on any atom is 0.0577 e. The van der Waals surface area contributed by atoms with Crippen LogP contribution in [0.2, 0.25) is 0 Å². The van der Waals surface area contributed by atoms with Crippen molar-refractivity contribution in [3.63, 3.8) is 0 Å². The summed E-state index contributed by atoms with van der Waals surface area (Å²) in [6.07, 6.45) is 13.3. The molecule has 2 N–H and O–H groups in total. The zero-order valence-corrected chi connectivity index (χ0v) is 19.9. The summed E-state index contributed by atoms with van der Waals surface area (Å²) in [5.41, 5.74) is 0.749. The normalized spacial score (nSPS) is 50.7. The molecular weight excluding hydrogens is 356 g/mol. The van der Waals surface area contributed by atoms with Gasteiger partial charge in [-0.1, -0.05) is 53.9 Å². The van der Waals surface area contributed by atoms with Crippen LogP contribution < -0.4 is 0 Å². The Labute approximate surface area is 180 Å². The van der Waals surface area contributed by atoms with E-state index in [0.29, 0.717) is 17.3 Å². The standard InChI is InChI=1S/C27H48O2/c1-17(2)7-6-8-18(3)21-9-10-22-20-16-25(29)24-15-19(28)11-13-27(24,5)23(20)12-14-26(21,22)4/h17-25,28-29H,6-16H2,1-5H3/t18-,19+,20+,21-,22+,23+,24?,25+,26-,27-/m1/s1. The highest BCUT2D eigenvalue weighted by molar-refractivity contribution is 5.11. The van der Waals surface area contributed by atoms with Gasteiger partial charge in [0.1, 0.15) is 0 Å². The van der Waals surface area contributed by atoms with Crippen molar-refractivity contribution < 1.29 is 10.2 Å². The highest BCUT2D eigenvalue weighted by atomic mass is 16.3. The van der Waals surface area contributed by atoms with Crippen LogP contribution >= 0.6 is 0 Å². The van der Waals surface area contributed by atoms with Gasteiger partial charge in [0.15, 0.2) is 0 Å². The van der Waals surface area contributed by atoms with Crippen molar-refractivity contribution in [2.45, 2.75) is 117 Å². The van der Waals surface area contributed by atoms with Gasteiger partial charge in [0, 0.05) is 0 Å². The molecule has 0 bridgehead atoms. The molecule has 4 aliphatic rings. The van der Waals surface area contributed by atoms with Gasteiger partial charge in [-0.15, -0.1) is 0 Å². The number of aliphatic hydroxyl groups excluding tert-OH is 2. The lowest BCUT2D eigenvalue weighted by Crippen LogP contribution is -2.58. The third kappa shape index (κ3) is 3.73. The summed E-state index contributed by atoms with van der Waals surface area (Å²) in [4.78, 5) is 0. The third-order valence-electron chi connectivity index (χ3n) is 10.9. The second kappa shape index (κ2) is 8.12. The second-order valence-electron chi connectivity index (χ2n) is 12.8. The first-order chi connectivity index (χ1) is 13.7. The minimum atomic E-state index is -0.193. The van der Waals surface area contributed by atoms with Crippen molar-refractivity contribution in [1.29, 1.82) is 0 Å². The number of hydrogen-bond acceptors (Lipinski definition) is 2. The summed E-state index contributed by atoms with van der Waals surface area (Å²) in [6, 6.07) is 0. The fraction of sp³-hybridized carbons (Fsp3) is 1.00. The molecule has 10 atom stereocenters. The molecule has 168 valence electrons. The van der Waals surface area contributed by atoms with Crippen molar-refractivity contribution >= 4 is 0 Å². The summed E-state index contributed by atoms with van der Waals surface area (Å²) in [7, 11) is 0. The molecule has 4 saturated carbocycles. The molecule has 0 aromatic heterocycles. The number of rotatable bonds is 5. The molecule has 0 spiro atoms. The molecule has 4 fully saturated rings. The van der Waals surface area contributed by atoms with Crippen LogP contribution in [-0.2, 0) is 0 Å². The minimum Gasteiger partial charge on any atom is -0.393 e. The van der Waals surface area contributed by atoms with E-state index in [0.717, 1.165) is 55.3 Å². The van der Waals surface area contributed by atoms with E-state index < -0.39 is 0 Å². The summed E-state index contributed by atoms with van der Waals surface area (Å²) >= 11 is 0. The van der Waals surface area contributed by atoms with Crippen LogP contribution in [0.15, 0.2) is 0 Å². The van der Waals surface area contributed by atoms with Gasteiger partial charge in [0.2, 0.25) is 0 Å². The summed E-state index contributed by atoms with van der Waals surface area (Å²) < 4.78 is 0. The predicted molar refractivity (Wildman–Crippen MR) is 120 cm³/mol. The molecule has 0 radical (unpaired) electrons. The molecule has 0 saturated heterocycles. The maximum atomic E-state index is 11.2. The Morgan fingerprint density at radius 1 is 0.793 bits per heavy atom. The first-order valence-corrected chi connectivity index (χ1v) is 13.0. The van der Waals surface area contributed by atoms with Gasteiger partial charge in [-0.3, -0.25) is 0 Å². The van der Waals surface area contributed by atoms with E-state index in [2.05, 4.69) is 34.6 Å². The van der Waals surface area contributed by atoms with Crippen molar-refractivity contribution in [1.82, 2.24) is 0 Å². The second-order valence-corrected chi connectivity index (χ2v) is 12.8. The lowest BCUT2D eigenvalue weighted by molar-refractivity contribution is -0.172. The van der Waals surface area contributed by atoms with Crippen molar-refractivity contribution in [3.8, 4) is 0 Å². The van der Waals surface area contributed by atoms with E-state index in [-0.39, 0.29) is 17.6 Å². The molecule has 0 aromatic rings. The minimum absolute atomic E-state index is 0.185. The average molecular weight is 405 g/mol. The summed E-state index contributed by atoms with van der Waals surface area (Å²) in [6.45, 7) is 12.4. The average Bonchev–Trinajstić information content (AvgIpc) is 3.00. The third-order valence-corrected chi connectivity index (χ3v) is 10.9. The number of fused-ring (bicyclic) bond motifs is 5. The number of hydrogen-bond donors (Lipinski definition) is 2. The van der Waals surface area contributed by atoms with Crippen LogP contribution in [0.25, 0.3) is 0 Å². The lowest BCUT2D eigenvalue weighted by Gasteiger charge is -2.62. The number of aliphatic hydroxyl groups is 2. The molecule has 2 nitrogen and oxygen atoms in total. The van der Waals surface area contributed by atoms with Crippen molar-refractivity contribution in [2.24, 2.45) is 52.3 Å². The Hall–Kier alpha value is -0.0800. The topological polar surface area (TPSA) is 40.5 Å². The Kier molecular flexibility index (Phi) is 6.19. The van der Waals surface area contributed by atoms with E-state index in [1.807, 2.05) is 0 Å². The molecule has 1 unspecified atom stereocenters. The molecule has 4 aliphatic carbocycles. The highest BCUT2D eigenvalue weighted by Crippen LogP contribution is 2.68. The van der Waals surface area contributed by atoms with Crippen LogP contribution in [-0.4, -0.2) is 22.4 Å². The van der Waals surface area contributed by atoms with E-state index in [4.69, 9.17) is 0 Å². The summed E-state index contributed by atoms with van der Waals surface area (Å²) in [5, 5.41) is 21.4. The Balaban J connectivity index is 1.50. The molecule has 29 heavy (non-hydrogen) atoms. The lowest BCUT2D eigenvalue weighted by atomic mass is 9.44. The fourth-order valence-electron chi connectivity index (χ4n) is 9.30. The van der Waals surface area contributed by atoms with Gasteiger partial charge in [-0.05, 0) is 104 Å². The molecule has 4 rings (SSSR count). The SMILES string of the molecule is CC(C)CCC[C@@H](C)[C@H]1CC[C@H]2[C@@H]3C[C@H](O)C4C[C@@H](O)CC[C@]4(C)[C@H]3CC[C@]12C. The van der Waals surface area contributed by atoms with E-state index in [1.54, 1.807) is 0 Å². The van der Waals surface area contributed by atoms with Crippen LogP contribution in [0.3, 0.4) is 0 Å². The van der Waals surface area contributed by atoms with Crippen molar-refractivity contribution in [2.75, 3.05) is 0 Å². The van der Waals surface area contributed by atoms with E-state index in [9.17, 15) is 10.2 Å². The highest BCUT2D eigenvalue weighted by Gasteiger charge is 2.62. The van der Waals surface area contributed by atoms with Gasteiger partial charge in [-0.2, -0.15) is 0 Å². The first-order valence-electron chi connectivity index (χ1n) is 13.0. The van der Waals surface area contributed by atoms with Gasteiger partial charge < -0.3 is 10.2 Å². The predicted octanol–water partition coefficient (Wildman–Crippen LogP) is 6.44. The molecule has 0 aromatic carbocycles. The van der Waals surface area contributed by atoms with Crippen LogP contribution in [0, 0.1) is 52.3 Å². The first kappa shape index (κ1) is 22.1. The molecule has 0 heterocycles. The quantitative estimate of drug-likeness (QED) is 0.553. The Morgan fingerprint density at radius 2 is 1.48 bits per heavy atom. The molecular formula is C27H48O2. The zero-order chi connectivity index (χ0) is 21.0. The maximum absolute atomic E-state index is 11.2. The van der Waals surface area contributed by atoms with Crippen LogP contribution in [0.5, 0.6) is 0 Å². The van der Waals surface area contributed by atoms with Crippen LogP contribution in [0.4, 0.5) is 0 Å². The molecule has 0 aliphatic heterocycles. The smallest absolute Gasteiger partial charge is 0.0577 e. The largest absolute Gasteiger partial charge is 0.393 e. The fourth-order valence-corrected chi connectivity index (χ4v) is 9.30. The van der Waals surface area contributed by atoms with Gasteiger partial charge in [0.05, 0.1) is 12.2 Å². The van der Waals surface area contributed by atoms with Crippen LogP contribution in [0.1, 0.15) is 105 Å². The summed E-state index contributed by atoms with van der Waals surface area (Å²) in [5.74, 6) is 5.20. The zero-order valence-electron chi connectivity index (χ0n) is 19.9. The van der Waals surface area contributed by atoms with E-state index >= 15 is 0 Å². The van der Waals surface area contributed by atoms with Gasteiger partial charge in [-0.25, -0.2) is 0 Å². The van der Waals surface area contributed by atoms with E-state index in [1.165, 1.54) is 44.9 Å². The van der Waals surface area contributed by atoms with Gasteiger partial charge >= 0.3 is 0 Å². The van der Waals surface area contributed by atoms with Gasteiger partial charge in [0.25, 0.3) is 0 Å². The monoisotopic (exact) mass is 404 g/mol. The molecule has 0 amide bonds. The Bertz CT molecular complexity index is 573.